The van der Waals surface area contributed by atoms with E-state index in [1.54, 1.807) is 12.1 Å². The number of H-pyrrole nitrogens is 1. The predicted molar refractivity (Wildman–Crippen MR) is 87.7 cm³/mol. The van der Waals surface area contributed by atoms with Gasteiger partial charge in [0.1, 0.15) is 23.5 Å². The van der Waals surface area contributed by atoms with Crippen LogP contribution in [0.5, 0.6) is 0 Å². The SMILES string of the molecule is CC1CCN(c2cc(NC(=O)c3ccc[nH]c3=O)ncn2)CC1. The molecule has 1 aliphatic rings. The lowest BCUT2D eigenvalue weighted by atomic mass is 9.99. The van der Waals surface area contributed by atoms with Gasteiger partial charge in [-0.25, -0.2) is 9.97 Å². The van der Waals surface area contributed by atoms with Crippen molar-refractivity contribution in [1.82, 2.24) is 15.0 Å². The molecule has 2 aromatic rings. The molecule has 7 nitrogen and oxygen atoms in total. The van der Waals surface area contributed by atoms with E-state index in [-0.39, 0.29) is 5.56 Å². The van der Waals surface area contributed by atoms with E-state index in [0.717, 1.165) is 37.7 Å². The van der Waals surface area contributed by atoms with E-state index in [4.69, 9.17) is 0 Å². The van der Waals surface area contributed by atoms with Crippen molar-refractivity contribution >= 4 is 17.5 Å². The number of hydrogen-bond acceptors (Lipinski definition) is 5. The van der Waals surface area contributed by atoms with Crippen molar-refractivity contribution in [3.8, 4) is 0 Å². The number of rotatable bonds is 3. The number of nitrogens with one attached hydrogen (secondary N) is 2. The first kappa shape index (κ1) is 15.2. The van der Waals surface area contributed by atoms with E-state index < -0.39 is 11.5 Å². The fourth-order valence-corrected chi connectivity index (χ4v) is 2.61. The van der Waals surface area contributed by atoms with Crippen LogP contribution in [0.2, 0.25) is 0 Å². The Morgan fingerprint density at radius 2 is 2.13 bits per heavy atom. The van der Waals surface area contributed by atoms with Gasteiger partial charge in [0.2, 0.25) is 0 Å². The minimum Gasteiger partial charge on any atom is -0.356 e. The number of nitrogens with zero attached hydrogens (tertiary/aromatic N) is 3. The monoisotopic (exact) mass is 313 g/mol. The summed E-state index contributed by atoms with van der Waals surface area (Å²) in [6.07, 6.45) is 5.17. The lowest BCUT2D eigenvalue weighted by Gasteiger charge is -2.31. The lowest BCUT2D eigenvalue weighted by molar-refractivity contribution is 0.102. The van der Waals surface area contributed by atoms with E-state index in [1.807, 2.05) is 0 Å². The molecule has 23 heavy (non-hydrogen) atoms. The third-order valence-electron chi connectivity index (χ3n) is 4.06. The van der Waals surface area contributed by atoms with E-state index in [1.165, 1.54) is 18.6 Å². The molecule has 1 amide bonds. The zero-order valence-corrected chi connectivity index (χ0v) is 13.0. The number of carbonyl (C=O) groups excluding carboxylic acids is 1. The summed E-state index contributed by atoms with van der Waals surface area (Å²) in [7, 11) is 0. The molecule has 1 aliphatic heterocycles. The normalized spacial score (nSPS) is 15.4. The van der Waals surface area contributed by atoms with Gasteiger partial charge in [-0.3, -0.25) is 9.59 Å². The summed E-state index contributed by atoms with van der Waals surface area (Å²) in [5.41, 5.74) is -0.372. The van der Waals surface area contributed by atoms with Crippen molar-refractivity contribution < 1.29 is 4.79 Å². The van der Waals surface area contributed by atoms with Crippen molar-refractivity contribution in [3.63, 3.8) is 0 Å². The van der Waals surface area contributed by atoms with Crippen LogP contribution < -0.4 is 15.8 Å². The summed E-state index contributed by atoms with van der Waals surface area (Å²) in [5, 5.41) is 2.65. The van der Waals surface area contributed by atoms with Gasteiger partial charge in [0, 0.05) is 25.4 Å². The van der Waals surface area contributed by atoms with Crippen LogP contribution in [0.4, 0.5) is 11.6 Å². The van der Waals surface area contributed by atoms with Crippen molar-refractivity contribution in [2.75, 3.05) is 23.3 Å². The Labute approximate surface area is 133 Å². The van der Waals surface area contributed by atoms with Gasteiger partial charge >= 0.3 is 0 Å². The van der Waals surface area contributed by atoms with Crippen LogP contribution in [0.15, 0.2) is 35.5 Å². The third-order valence-corrected chi connectivity index (χ3v) is 4.06. The number of piperidine rings is 1. The first-order valence-corrected chi connectivity index (χ1v) is 7.69. The number of aromatic amines is 1. The fourth-order valence-electron chi connectivity index (χ4n) is 2.61. The smallest absolute Gasteiger partial charge is 0.262 e. The van der Waals surface area contributed by atoms with Gasteiger partial charge in [0.05, 0.1) is 0 Å². The minimum atomic E-state index is -0.483. The molecule has 0 radical (unpaired) electrons. The number of anilines is 2. The third kappa shape index (κ3) is 3.56. The molecule has 0 bridgehead atoms. The van der Waals surface area contributed by atoms with E-state index >= 15 is 0 Å². The zero-order chi connectivity index (χ0) is 16.2. The van der Waals surface area contributed by atoms with E-state index in [0.29, 0.717) is 5.82 Å². The quantitative estimate of drug-likeness (QED) is 0.899. The van der Waals surface area contributed by atoms with E-state index in [2.05, 4.69) is 32.1 Å². The summed E-state index contributed by atoms with van der Waals surface area (Å²) < 4.78 is 0. The Balaban J connectivity index is 1.74. The van der Waals surface area contributed by atoms with Gasteiger partial charge < -0.3 is 15.2 Å². The highest BCUT2D eigenvalue weighted by molar-refractivity contribution is 6.03. The van der Waals surface area contributed by atoms with Gasteiger partial charge in [0.15, 0.2) is 0 Å². The van der Waals surface area contributed by atoms with Crippen molar-refractivity contribution in [2.24, 2.45) is 5.92 Å². The number of hydrogen-bond donors (Lipinski definition) is 2. The van der Waals surface area contributed by atoms with Crippen LogP contribution in [-0.4, -0.2) is 33.9 Å². The minimum absolute atomic E-state index is 0.0551. The summed E-state index contributed by atoms with van der Waals surface area (Å²) in [6.45, 7) is 4.15. The Kier molecular flexibility index (Phi) is 4.36. The number of aromatic nitrogens is 3. The highest BCUT2D eigenvalue weighted by Crippen LogP contribution is 2.22. The summed E-state index contributed by atoms with van der Waals surface area (Å²) in [5.74, 6) is 1.44. The molecule has 0 aromatic carbocycles. The van der Waals surface area contributed by atoms with Crippen LogP contribution in [0.25, 0.3) is 0 Å². The van der Waals surface area contributed by atoms with Gasteiger partial charge in [0.25, 0.3) is 11.5 Å². The predicted octanol–water partition coefficient (Wildman–Crippen LogP) is 1.65. The zero-order valence-electron chi connectivity index (χ0n) is 13.0. The average Bonchev–Trinajstić information content (AvgIpc) is 2.56. The van der Waals surface area contributed by atoms with Gasteiger partial charge in [-0.1, -0.05) is 6.92 Å². The number of amides is 1. The second-order valence-corrected chi connectivity index (χ2v) is 5.80. The number of pyridine rings is 1. The molecule has 0 unspecified atom stereocenters. The standard InChI is InChI=1S/C16H19N5O2/c1-11-4-7-21(8-5-11)14-9-13(18-10-19-14)20-16(23)12-3-2-6-17-15(12)22/h2-3,6,9-11H,4-5,7-8H2,1H3,(H,17,22)(H,18,19,20,23). The molecule has 0 saturated carbocycles. The summed E-state index contributed by atoms with van der Waals surface area (Å²) in [4.78, 5) is 36.8. The Morgan fingerprint density at radius 3 is 2.87 bits per heavy atom. The first-order valence-electron chi connectivity index (χ1n) is 7.69. The van der Waals surface area contributed by atoms with Crippen molar-refractivity contribution in [3.05, 3.63) is 46.6 Å². The maximum absolute atomic E-state index is 12.2. The van der Waals surface area contributed by atoms with Crippen molar-refractivity contribution in [1.29, 1.82) is 0 Å². The highest BCUT2D eigenvalue weighted by Gasteiger charge is 2.18. The summed E-state index contributed by atoms with van der Waals surface area (Å²) in [6, 6.07) is 4.82. The molecule has 2 aromatic heterocycles. The van der Waals surface area contributed by atoms with Crippen LogP contribution >= 0.6 is 0 Å². The average molecular weight is 313 g/mol. The second-order valence-electron chi connectivity index (χ2n) is 5.80. The Morgan fingerprint density at radius 1 is 1.35 bits per heavy atom. The largest absolute Gasteiger partial charge is 0.356 e. The highest BCUT2D eigenvalue weighted by atomic mass is 16.2. The lowest BCUT2D eigenvalue weighted by Crippen LogP contribution is -2.33. The molecule has 3 heterocycles. The number of carbonyl (C=O) groups is 1. The van der Waals surface area contributed by atoms with Gasteiger partial charge in [-0.2, -0.15) is 0 Å². The fraction of sp³-hybridized carbons (Fsp3) is 0.375. The molecular weight excluding hydrogens is 294 g/mol. The maximum Gasteiger partial charge on any atom is 0.262 e. The van der Waals surface area contributed by atoms with Gasteiger partial charge in [-0.15, -0.1) is 0 Å². The molecule has 7 heteroatoms. The van der Waals surface area contributed by atoms with Gasteiger partial charge in [-0.05, 0) is 30.9 Å². The molecule has 1 fully saturated rings. The molecule has 0 atom stereocenters. The molecule has 0 spiro atoms. The Bertz CT molecular complexity index is 750. The second kappa shape index (κ2) is 6.60. The van der Waals surface area contributed by atoms with Crippen molar-refractivity contribution in [2.45, 2.75) is 19.8 Å². The summed E-state index contributed by atoms with van der Waals surface area (Å²) >= 11 is 0. The molecule has 3 rings (SSSR count). The van der Waals surface area contributed by atoms with Crippen LogP contribution in [0, 0.1) is 5.92 Å². The molecule has 1 saturated heterocycles. The topological polar surface area (TPSA) is 91.0 Å². The molecular formula is C16H19N5O2. The van der Waals surface area contributed by atoms with Crippen LogP contribution in [-0.2, 0) is 0 Å². The van der Waals surface area contributed by atoms with E-state index in [9.17, 15) is 9.59 Å². The van der Waals surface area contributed by atoms with Crippen LogP contribution in [0.1, 0.15) is 30.1 Å². The van der Waals surface area contributed by atoms with Crippen LogP contribution in [0.3, 0.4) is 0 Å². The Hall–Kier alpha value is -2.70. The molecule has 0 aliphatic carbocycles. The molecule has 2 N–H and O–H groups in total. The maximum atomic E-state index is 12.2. The molecule has 120 valence electrons. The first-order chi connectivity index (χ1) is 11.1.